The molecule has 0 spiro atoms. The Morgan fingerprint density at radius 3 is 2.79 bits per heavy atom. The van der Waals surface area contributed by atoms with E-state index in [9.17, 15) is 14.7 Å². The SMILES string of the molecule is O=C(O)C1CCCN(C(=O)c2cc3c(ccc4ccccc43)[nH]2)C1. The lowest BCUT2D eigenvalue weighted by atomic mass is 9.98. The minimum absolute atomic E-state index is 0.124. The molecular weight excluding hydrogens is 304 g/mol. The van der Waals surface area contributed by atoms with Crippen molar-refractivity contribution in [3.63, 3.8) is 0 Å². The van der Waals surface area contributed by atoms with E-state index >= 15 is 0 Å². The summed E-state index contributed by atoms with van der Waals surface area (Å²) in [7, 11) is 0. The van der Waals surface area contributed by atoms with Crippen LogP contribution in [0.25, 0.3) is 21.7 Å². The first-order valence-electron chi connectivity index (χ1n) is 8.16. The van der Waals surface area contributed by atoms with E-state index < -0.39 is 11.9 Å². The average Bonchev–Trinajstić information content (AvgIpc) is 3.06. The first-order chi connectivity index (χ1) is 11.6. The monoisotopic (exact) mass is 322 g/mol. The summed E-state index contributed by atoms with van der Waals surface area (Å²) in [6.45, 7) is 0.892. The second kappa shape index (κ2) is 5.67. The van der Waals surface area contributed by atoms with Gasteiger partial charge in [-0.25, -0.2) is 0 Å². The standard InChI is InChI=1S/C19H18N2O3/c22-18(21-9-3-5-13(11-21)19(23)24)17-10-15-14-6-2-1-4-12(14)7-8-16(15)20-17/h1-2,4,6-8,10,13,20H,3,5,9,11H2,(H,23,24). The number of fused-ring (bicyclic) bond motifs is 3. The Bertz CT molecular complexity index is 944. The number of piperidine rings is 1. The molecule has 1 aliphatic rings. The third-order valence-corrected chi connectivity index (χ3v) is 4.82. The van der Waals surface area contributed by atoms with Crippen molar-refractivity contribution in [3.05, 3.63) is 48.2 Å². The maximum absolute atomic E-state index is 12.8. The third-order valence-electron chi connectivity index (χ3n) is 4.82. The lowest BCUT2D eigenvalue weighted by molar-refractivity contribution is -0.143. The Morgan fingerprint density at radius 2 is 1.96 bits per heavy atom. The number of aromatic amines is 1. The number of amides is 1. The molecule has 0 saturated carbocycles. The number of carbonyl (C=O) groups excluding carboxylic acids is 1. The molecular formula is C19H18N2O3. The van der Waals surface area contributed by atoms with Crippen molar-refractivity contribution < 1.29 is 14.7 Å². The maximum atomic E-state index is 12.8. The number of nitrogens with zero attached hydrogens (tertiary/aromatic N) is 1. The van der Waals surface area contributed by atoms with Gasteiger partial charge in [-0.3, -0.25) is 9.59 Å². The summed E-state index contributed by atoms with van der Waals surface area (Å²) in [5, 5.41) is 12.4. The van der Waals surface area contributed by atoms with Crippen LogP contribution in [0.1, 0.15) is 23.3 Å². The van der Waals surface area contributed by atoms with E-state index in [1.165, 1.54) is 0 Å². The molecule has 122 valence electrons. The number of carboxylic acid groups (broad SMARTS) is 1. The van der Waals surface area contributed by atoms with Crippen molar-refractivity contribution in [2.24, 2.45) is 5.92 Å². The fourth-order valence-electron chi connectivity index (χ4n) is 3.53. The van der Waals surface area contributed by atoms with Crippen molar-refractivity contribution in [1.82, 2.24) is 9.88 Å². The van der Waals surface area contributed by atoms with Crippen molar-refractivity contribution in [3.8, 4) is 0 Å². The summed E-state index contributed by atoms with van der Waals surface area (Å²) in [5.74, 6) is -1.41. The molecule has 0 radical (unpaired) electrons. The van der Waals surface area contributed by atoms with E-state index in [4.69, 9.17) is 0 Å². The molecule has 5 heteroatoms. The van der Waals surface area contributed by atoms with Gasteiger partial charge in [0.05, 0.1) is 5.92 Å². The van der Waals surface area contributed by atoms with Crippen molar-refractivity contribution >= 4 is 33.6 Å². The third kappa shape index (κ3) is 2.42. The van der Waals surface area contributed by atoms with E-state index in [2.05, 4.69) is 4.98 Å². The number of hydrogen-bond donors (Lipinski definition) is 2. The van der Waals surface area contributed by atoms with Gasteiger partial charge in [0.15, 0.2) is 0 Å². The molecule has 1 aliphatic heterocycles. The van der Waals surface area contributed by atoms with E-state index in [1.807, 2.05) is 42.5 Å². The highest BCUT2D eigenvalue weighted by molar-refractivity contribution is 6.09. The van der Waals surface area contributed by atoms with Crippen LogP contribution in [-0.4, -0.2) is 40.0 Å². The molecule has 1 unspecified atom stereocenters. The highest BCUT2D eigenvalue weighted by atomic mass is 16.4. The Morgan fingerprint density at radius 1 is 1.12 bits per heavy atom. The van der Waals surface area contributed by atoms with Crippen molar-refractivity contribution in [2.45, 2.75) is 12.8 Å². The molecule has 2 aromatic carbocycles. The van der Waals surface area contributed by atoms with Crippen LogP contribution in [0.15, 0.2) is 42.5 Å². The minimum Gasteiger partial charge on any atom is -0.481 e. The van der Waals surface area contributed by atoms with Crippen LogP contribution in [0.2, 0.25) is 0 Å². The predicted octanol–water partition coefficient (Wildman–Crippen LogP) is 3.26. The smallest absolute Gasteiger partial charge is 0.308 e. The second-order valence-corrected chi connectivity index (χ2v) is 6.36. The largest absolute Gasteiger partial charge is 0.481 e. The van der Waals surface area contributed by atoms with E-state index in [0.717, 1.165) is 28.1 Å². The molecule has 2 N–H and O–H groups in total. The first-order valence-corrected chi connectivity index (χ1v) is 8.16. The summed E-state index contributed by atoms with van der Waals surface area (Å²) in [5.41, 5.74) is 1.44. The van der Waals surface area contributed by atoms with Crippen LogP contribution < -0.4 is 0 Å². The molecule has 1 fully saturated rings. The number of carbonyl (C=O) groups is 2. The van der Waals surface area contributed by atoms with E-state index in [-0.39, 0.29) is 12.5 Å². The number of H-pyrrole nitrogens is 1. The van der Waals surface area contributed by atoms with Crippen molar-refractivity contribution in [1.29, 1.82) is 0 Å². The number of carboxylic acids is 1. The number of nitrogens with one attached hydrogen (secondary N) is 1. The van der Waals surface area contributed by atoms with Crippen LogP contribution in [0.4, 0.5) is 0 Å². The summed E-state index contributed by atoms with van der Waals surface area (Å²) >= 11 is 0. The lowest BCUT2D eigenvalue weighted by Gasteiger charge is -2.30. The molecule has 3 aromatic rings. The van der Waals surface area contributed by atoms with Crippen LogP contribution in [-0.2, 0) is 4.79 Å². The maximum Gasteiger partial charge on any atom is 0.308 e. The Labute approximate surface area is 138 Å². The van der Waals surface area contributed by atoms with E-state index in [1.54, 1.807) is 4.90 Å². The summed E-state index contributed by atoms with van der Waals surface area (Å²) in [6.07, 6.45) is 1.36. The Kier molecular flexibility index (Phi) is 3.49. The fraction of sp³-hybridized carbons (Fsp3) is 0.263. The molecule has 0 aliphatic carbocycles. The van der Waals surface area contributed by atoms with Crippen LogP contribution in [0.5, 0.6) is 0 Å². The number of rotatable bonds is 2. The number of likely N-dealkylation sites (tertiary alicyclic amines) is 1. The highest BCUT2D eigenvalue weighted by Crippen LogP contribution is 2.27. The second-order valence-electron chi connectivity index (χ2n) is 6.36. The van der Waals surface area contributed by atoms with Crippen LogP contribution >= 0.6 is 0 Å². The Hall–Kier alpha value is -2.82. The van der Waals surface area contributed by atoms with Gasteiger partial charge >= 0.3 is 5.97 Å². The molecule has 1 aromatic heterocycles. The molecule has 5 nitrogen and oxygen atoms in total. The number of benzene rings is 2. The summed E-state index contributed by atoms with van der Waals surface area (Å²) in [6, 6.07) is 14.0. The average molecular weight is 322 g/mol. The molecule has 4 rings (SSSR count). The lowest BCUT2D eigenvalue weighted by Crippen LogP contribution is -2.42. The number of aliphatic carboxylic acids is 1. The Balaban J connectivity index is 1.70. The minimum atomic E-state index is -0.824. The molecule has 1 atom stereocenters. The van der Waals surface area contributed by atoms with Gasteiger partial charge in [0.25, 0.3) is 5.91 Å². The van der Waals surface area contributed by atoms with Crippen molar-refractivity contribution in [2.75, 3.05) is 13.1 Å². The van der Waals surface area contributed by atoms with Gasteiger partial charge in [0, 0.05) is 24.0 Å². The van der Waals surface area contributed by atoms with Gasteiger partial charge in [0.2, 0.25) is 0 Å². The zero-order valence-corrected chi connectivity index (χ0v) is 13.2. The normalized spacial score (nSPS) is 18.2. The topological polar surface area (TPSA) is 73.4 Å². The summed E-state index contributed by atoms with van der Waals surface area (Å²) in [4.78, 5) is 28.8. The highest BCUT2D eigenvalue weighted by Gasteiger charge is 2.29. The predicted molar refractivity (Wildman–Crippen MR) is 92.1 cm³/mol. The fourth-order valence-corrected chi connectivity index (χ4v) is 3.53. The van der Waals surface area contributed by atoms with Gasteiger partial charge in [-0.05, 0) is 35.7 Å². The molecule has 24 heavy (non-hydrogen) atoms. The zero-order chi connectivity index (χ0) is 16.7. The van der Waals surface area contributed by atoms with Gasteiger partial charge in [0.1, 0.15) is 5.69 Å². The molecule has 1 saturated heterocycles. The number of hydrogen-bond acceptors (Lipinski definition) is 2. The van der Waals surface area contributed by atoms with Gasteiger partial charge < -0.3 is 15.0 Å². The van der Waals surface area contributed by atoms with Crippen LogP contribution in [0, 0.1) is 5.92 Å². The van der Waals surface area contributed by atoms with Gasteiger partial charge in [-0.2, -0.15) is 0 Å². The van der Waals surface area contributed by atoms with Crippen LogP contribution in [0.3, 0.4) is 0 Å². The number of aromatic nitrogens is 1. The van der Waals surface area contributed by atoms with Gasteiger partial charge in [-0.1, -0.05) is 30.3 Å². The molecule has 0 bridgehead atoms. The first kappa shape index (κ1) is 14.8. The molecule has 1 amide bonds. The van der Waals surface area contributed by atoms with E-state index in [0.29, 0.717) is 18.7 Å². The summed E-state index contributed by atoms with van der Waals surface area (Å²) < 4.78 is 0. The van der Waals surface area contributed by atoms with Gasteiger partial charge in [-0.15, -0.1) is 0 Å². The zero-order valence-electron chi connectivity index (χ0n) is 13.2. The molecule has 2 heterocycles. The quantitative estimate of drug-likeness (QED) is 0.760.